The Morgan fingerprint density at radius 2 is 2.00 bits per heavy atom. The summed E-state index contributed by atoms with van der Waals surface area (Å²) in [5.74, 6) is 0.508. The molecule has 1 fully saturated rings. The number of benzene rings is 1. The number of anilines is 1. The molecule has 1 aliphatic rings. The van der Waals surface area contributed by atoms with Gasteiger partial charge in [0.1, 0.15) is 0 Å². The van der Waals surface area contributed by atoms with Crippen molar-refractivity contribution in [2.24, 2.45) is 0 Å². The van der Waals surface area contributed by atoms with Crippen LogP contribution in [0.2, 0.25) is 5.02 Å². The molecule has 0 bridgehead atoms. The Morgan fingerprint density at radius 1 is 1.32 bits per heavy atom. The first-order valence-electron chi connectivity index (χ1n) is 6.96. The van der Waals surface area contributed by atoms with Gasteiger partial charge in [0, 0.05) is 32.1 Å². The fraction of sp³-hybridized carbons (Fsp3) is 0.600. The first-order chi connectivity index (χ1) is 9.17. The molecule has 2 rings (SSSR count). The molecule has 4 heteroatoms. The van der Waals surface area contributed by atoms with E-state index in [9.17, 15) is 0 Å². The van der Waals surface area contributed by atoms with Crippen LogP contribution >= 0.6 is 23.2 Å². The second kappa shape index (κ2) is 6.83. The molecule has 0 aliphatic carbocycles. The lowest BCUT2D eigenvalue weighted by Gasteiger charge is -2.38. The number of hydrogen-bond acceptors (Lipinski definition) is 2. The smallest absolute Gasteiger partial charge is 0.0642 e. The predicted molar refractivity (Wildman–Crippen MR) is 84.5 cm³/mol. The van der Waals surface area contributed by atoms with Gasteiger partial charge in [-0.25, -0.2) is 0 Å². The van der Waals surface area contributed by atoms with E-state index in [0.29, 0.717) is 11.9 Å². The van der Waals surface area contributed by atoms with E-state index >= 15 is 0 Å². The molecule has 0 aromatic heterocycles. The Balaban J connectivity index is 2.14. The predicted octanol–water partition coefficient (Wildman–Crippen LogP) is 4.00. The zero-order chi connectivity index (χ0) is 13.8. The lowest BCUT2D eigenvalue weighted by Crippen LogP contribution is -2.43. The molecular weight excluding hydrogens is 279 g/mol. The van der Waals surface area contributed by atoms with Crippen molar-refractivity contribution in [1.29, 1.82) is 0 Å². The Bertz CT molecular complexity index is 415. The molecule has 1 heterocycles. The van der Waals surface area contributed by atoms with Gasteiger partial charge >= 0.3 is 0 Å². The minimum absolute atomic E-state index is 0.508. The molecule has 1 aliphatic heterocycles. The number of alkyl halides is 1. The van der Waals surface area contributed by atoms with Crippen molar-refractivity contribution in [2.75, 3.05) is 31.6 Å². The van der Waals surface area contributed by atoms with Crippen LogP contribution in [0.5, 0.6) is 0 Å². The molecule has 1 saturated heterocycles. The van der Waals surface area contributed by atoms with E-state index in [1.54, 1.807) is 0 Å². The van der Waals surface area contributed by atoms with Crippen molar-refractivity contribution in [3.05, 3.63) is 28.8 Å². The molecule has 1 aromatic rings. The summed E-state index contributed by atoms with van der Waals surface area (Å²) in [4.78, 5) is 4.83. The van der Waals surface area contributed by atoms with Gasteiger partial charge in [-0.15, -0.1) is 11.6 Å². The highest BCUT2D eigenvalue weighted by Gasteiger charge is 2.24. The first kappa shape index (κ1) is 15.0. The van der Waals surface area contributed by atoms with Crippen LogP contribution in [0, 0.1) is 0 Å². The van der Waals surface area contributed by atoms with Crippen LogP contribution in [0.4, 0.5) is 5.69 Å². The third-order valence-corrected chi connectivity index (χ3v) is 4.71. The van der Waals surface area contributed by atoms with Gasteiger partial charge in [0.2, 0.25) is 0 Å². The molecule has 0 radical (unpaired) electrons. The second-order valence-electron chi connectivity index (χ2n) is 5.16. The maximum atomic E-state index is 6.37. The van der Waals surface area contributed by atoms with Crippen molar-refractivity contribution >= 4 is 28.9 Å². The summed E-state index contributed by atoms with van der Waals surface area (Å²) in [5, 5.41) is 0.804. The molecule has 0 amide bonds. The maximum absolute atomic E-state index is 6.37. The van der Waals surface area contributed by atoms with E-state index in [1.165, 1.54) is 25.9 Å². The van der Waals surface area contributed by atoms with E-state index in [-0.39, 0.29) is 0 Å². The molecule has 0 unspecified atom stereocenters. The van der Waals surface area contributed by atoms with Crippen LogP contribution in [-0.4, -0.2) is 37.6 Å². The van der Waals surface area contributed by atoms with Crippen molar-refractivity contribution in [3.8, 4) is 0 Å². The normalized spacial score (nSPS) is 17.7. The number of hydrogen-bond donors (Lipinski definition) is 0. The van der Waals surface area contributed by atoms with Crippen LogP contribution in [0.15, 0.2) is 18.2 Å². The number of nitrogens with zero attached hydrogens (tertiary/aromatic N) is 2. The standard InChI is InChI=1S/C15H22Cl2N2/c1-3-19-9-7-13(8-10-19)18(2)15-12(11-16)5-4-6-14(15)17/h4-6,13H,3,7-11H2,1-2H3. The topological polar surface area (TPSA) is 6.48 Å². The van der Waals surface area contributed by atoms with Gasteiger partial charge in [-0.3, -0.25) is 0 Å². The highest BCUT2D eigenvalue weighted by atomic mass is 35.5. The van der Waals surface area contributed by atoms with Crippen molar-refractivity contribution in [3.63, 3.8) is 0 Å². The third-order valence-electron chi connectivity index (χ3n) is 4.12. The van der Waals surface area contributed by atoms with Crippen molar-refractivity contribution < 1.29 is 0 Å². The van der Waals surface area contributed by atoms with Crippen molar-refractivity contribution in [2.45, 2.75) is 31.7 Å². The fourth-order valence-corrected chi connectivity index (χ4v) is 3.41. The Hall–Kier alpha value is -0.440. The molecule has 0 saturated carbocycles. The molecule has 0 atom stereocenters. The number of halogens is 2. The molecule has 106 valence electrons. The van der Waals surface area contributed by atoms with E-state index in [2.05, 4.69) is 29.8 Å². The summed E-state index contributed by atoms with van der Waals surface area (Å²) in [5.41, 5.74) is 2.23. The van der Waals surface area contributed by atoms with Crippen LogP contribution < -0.4 is 4.90 Å². The molecule has 0 spiro atoms. The van der Waals surface area contributed by atoms with E-state index in [1.807, 2.05) is 12.1 Å². The van der Waals surface area contributed by atoms with Gasteiger partial charge in [0.15, 0.2) is 0 Å². The summed E-state index contributed by atoms with van der Waals surface area (Å²) in [6, 6.07) is 6.54. The van der Waals surface area contributed by atoms with Crippen molar-refractivity contribution in [1.82, 2.24) is 4.90 Å². The average Bonchev–Trinajstić information content (AvgIpc) is 2.46. The lowest BCUT2D eigenvalue weighted by molar-refractivity contribution is 0.221. The first-order valence-corrected chi connectivity index (χ1v) is 7.87. The zero-order valence-corrected chi connectivity index (χ0v) is 13.2. The van der Waals surface area contributed by atoms with E-state index in [4.69, 9.17) is 23.2 Å². The van der Waals surface area contributed by atoms with Gasteiger partial charge in [0.25, 0.3) is 0 Å². The SMILES string of the molecule is CCN1CCC(N(C)c2c(Cl)cccc2CCl)CC1. The lowest BCUT2D eigenvalue weighted by atomic mass is 10.0. The summed E-state index contributed by atoms with van der Waals surface area (Å²) >= 11 is 12.4. The highest BCUT2D eigenvalue weighted by Crippen LogP contribution is 2.33. The van der Waals surface area contributed by atoms with E-state index in [0.717, 1.165) is 22.8 Å². The number of para-hydroxylation sites is 1. The monoisotopic (exact) mass is 300 g/mol. The molecular formula is C15H22Cl2N2. The highest BCUT2D eigenvalue weighted by molar-refractivity contribution is 6.33. The van der Waals surface area contributed by atoms with Gasteiger partial charge < -0.3 is 9.80 Å². The third kappa shape index (κ3) is 3.36. The van der Waals surface area contributed by atoms with E-state index < -0.39 is 0 Å². The molecule has 2 nitrogen and oxygen atoms in total. The van der Waals surface area contributed by atoms with Gasteiger partial charge in [-0.05, 0) is 31.0 Å². The largest absolute Gasteiger partial charge is 0.370 e. The number of piperidine rings is 1. The minimum atomic E-state index is 0.508. The van der Waals surface area contributed by atoms with Gasteiger partial charge in [0.05, 0.1) is 10.7 Å². The molecule has 1 aromatic carbocycles. The quantitative estimate of drug-likeness (QED) is 0.776. The van der Waals surface area contributed by atoms with Gasteiger partial charge in [-0.2, -0.15) is 0 Å². The molecule has 19 heavy (non-hydrogen) atoms. The summed E-state index contributed by atoms with van der Waals surface area (Å²) < 4.78 is 0. The summed E-state index contributed by atoms with van der Waals surface area (Å²) in [7, 11) is 2.14. The summed E-state index contributed by atoms with van der Waals surface area (Å²) in [6.07, 6.45) is 2.38. The Labute approximate surface area is 126 Å². The van der Waals surface area contributed by atoms with Crippen LogP contribution in [0.25, 0.3) is 0 Å². The van der Waals surface area contributed by atoms with Gasteiger partial charge in [-0.1, -0.05) is 30.7 Å². The second-order valence-corrected chi connectivity index (χ2v) is 5.83. The van der Waals surface area contributed by atoms with Crippen LogP contribution in [-0.2, 0) is 5.88 Å². The average molecular weight is 301 g/mol. The Kier molecular flexibility index (Phi) is 5.37. The number of likely N-dealkylation sites (tertiary alicyclic amines) is 1. The fourth-order valence-electron chi connectivity index (χ4n) is 2.87. The zero-order valence-electron chi connectivity index (χ0n) is 11.7. The molecule has 0 N–H and O–H groups in total. The van der Waals surface area contributed by atoms with Crippen LogP contribution in [0.3, 0.4) is 0 Å². The van der Waals surface area contributed by atoms with Crippen LogP contribution in [0.1, 0.15) is 25.3 Å². The minimum Gasteiger partial charge on any atom is -0.370 e. The number of rotatable bonds is 4. The summed E-state index contributed by atoms with van der Waals surface area (Å²) in [6.45, 7) is 5.72. The Morgan fingerprint density at radius 3 is 2.58 bits per heavy atom. The maximum Gasteiger partial charge on any atom is 0.0642 e.